The van der Waals surface area contributed by atoms with Crippen LogP contribution in [-0.4, -0.2) is 75.0 Å². The average molecular weight is 433 g/mol. The van der Waals surface area contributed by atoms with Gasteiger partial charge in [0.15, 0.2) is 6.23 Å². The fourth-order valence-corrected chi connectivity index (χ4v) is 2.79. The second kappa shape index (κ2) is 10.6. The van der Waals surface area contributed by atoms with E-state index in [1.165, 1.54) is 12.1 Å². The van der Waals surface area contributed by atoms with Gasteiger partial charge in [0.05, 0.1) is 17.9 Å². The molecule has 2 rings (SSSR count). The summed E-state index contributed by atoms with van der Waals surface area (Å²) in [4.78, 5) is 36.7. The Bertz CT molecular complexity index is 782. The molecule has 1 fully saturated rings. The van der Waals surface area contributed by atoms with Gasteiger partial charge in [0, 0.05) is 26.2 Å². The molecule has 0 bridgehead atoms. The highest BCUT2D eigenvalue weighted by atomic mass is 19.3. The predicted octanol–water partition coefficient (Wildman–Crippen LogP) is -0.637. The number of ether oxygens (including phenoxy) is 1. The second-order valence-corrected chi connectivity index (χ2v) is 6.21. The number of rotatable bonds is 10. The molecule has 0 aromatic heterocycles. The molecule has 1 aromatic carbocycles. The van der Waals surface area contributed by atoms with Gasteiger partial charge in [0.2, 0.25) is 5.91 Å². The molecule has 5 N–H and O–H groups in total. The molecule has 10 nitrogen and oxygen atoms in total. The predicted molar refractivity (Wildman–Crippen MR) is 99.5 cm³/mol. The van der Waals surface area contributed by atoms with Crippen LogP contribution < -0.4 is 26.2 Å². The maximum Gasteiger partial charge on any atom is 0.416 e. The van der Waals surface area contributed by atoms with E-state index in [0.717, 1.165) is 11.0 Å². The first kappa shape index (κ1) is 23.2. The van der Waals surface area contributed by atoms with Gasteiger partial charge in [-0.2, -0.15) is 8.78 Å². The van der Waals surface area contributed by atoms with Gasteiger partial charge >= 0.3 is 12.5 Å². The number of nitrogens with one attached hydrogen (secondary N) is 2. The van der Waals surface area contributed by atoms with Crippen molar-refractivity contribution in [3.8, 4) is 0 Å². The van der Waals surface area contributed by atoms with Crippen molar-refractivity contribution in [2.24, 2.45) is 5.73 Å². The molecule has 3 amide bonds. The van der Waals surface area contributed by atoms with Gasteiger partial charge < -0.3 is 31.1 Å². The van der Waals surface area contributed by atoms with Gasteiger partial charge in [0.25, 0.3) is 5.91 Å². The highest BCUT2D eigenvalue weighted by Crippen LogP contribution is 2.27. The van der Waals surface area contributed by atoms with Crippen molar-refractivity contribution in [1.29, 1.82) is 0 Å². The highest BCUT2D eigenvalue weighted by molar-refractivity contribution is 5.90. The van der Waals surface area contributed by atoms with Gasteiger partial charge in [-0.25, -0.2) is 9.18 Å². The van der Waals surface area contributed by atoms with Crippen LogP contribution in [-0.2, 0) is 14.3 Å². The highest BCUT2D eigenvalue weighted by Gasteiger charge is 2.35. The number of nitrogens with two attached hydrogens (primary N) is 1. The third-order valence-electron chi connectivity index (χ3n) is 4.14. The van der Waals surface area contributed by atoms with Crippen LogP contribution in [0, 0.1) is 5.82 Å². The number of halogens is 3. The molecule has 13 heteroatoms. The normalized spacial score (nSPS) is 15.9. The van der Waals surface area contributed by atoms with E-state index < -0.39 is 43.0 Å². The van der Waals surface area contributed by atoms with E-state index in [2.05, 4.69) is 5.32 Å². The molecule has 30 heavy (non-hydrogen) atoms. The van der Waals surface area contributed by atoms with Crippen molar-refractivity contribution in [3.63, 3.8) is 0 Å². The fourth-order valence-electron chi connectivity index (χ4n) is 2.79. The molecular weight excluding hydrogens is 411 g/mol. The molecule has 1 atom stereocenters. The smallest absolute Gasteiger partial charge is 0.416 e. The Hall–Kier alpha value is -3.06. The number of hydrogen-bond donors (Lipinski definition) is 4. The van der Waals surface area contributed by atoms with Crippen LogP contribution in [0.25, 0.3) is 0 Å². The maximum absolute atomic E-state index is 14.7. The number of alkyl halides is 2. The van der Waals surface area contributed by atoms with E-state index >= 15 is 0 Å². The standard InChI is InChI=1S/C17H22F3N5O5/c18-11-7-10(25-8-14(30-17(25)29)23-16(28)15(19)20)1-2-12(11)24(5-3-21)6-4-22-13(27)9-26/h1-2,7,14-15,26H,3-6,8-9,21H2,(H,22,27)(H,23,28). The van der Waals surface area contributed by atoms with E-state index in [0.29, 0.717) is 0 Å². The molecule has 166 valence electrons. The van der Waals surface area contributed by atoms with E-state index in [9.17, 15) is 27.6 Å². The topological polar surface area (TPSA) is 137 Å². The lowest BCUT2D eigenvalue weighted by Gasteiger charge is -2.25. The third kappa shape index (κ3) is 5.97. The Morgan fingerprint density at radius 1 is 1.37 bits per heavy atom. The number of hydrogen-bond acceptors (Lipinski definition) is 7. The summed E-state index contributed by atoms with van der Waals surface area (Å²) in [5.41, 5.74) is 5.82. The number of benzene rings is 1. The van der Waals surface area contributed by atoms with Crippen LogP contribution in [0.4, 0.5) is 29.3 Å². The molecule has 1 aliphatic heterocycles. The lowest BCUT2D eigenvalue weighted by molar-refractivity contribution is -0.134. The molecule has 1 saturated heterocycles. The number of carbonyl (C=O) groups is 3. The first-order valence-electron chi connectivity index (χ1n) is 8.95. The summed E-state index contributed by atoms with van der Waals surface area (Å²) in [6.45, 7) is -0.0878. The van der Waals surface area contributed by atoms with E-state index in [1.807, 2.05) is 5.32 Å². The van der Waals surface area contributed by atoms with Crippen molar-refractivity contribution in [2.75, 3.05) is 49.1 Å². The van der Waals surface area contributed by atoms with Crippen LogP contribution in [0.5, 0.6) is 0 Å². The number of amides is 3. The Balaban J connectivity index is 2.08. The second-order valence-electron chi connectivity index (χ2n) is 6.21. The van der Waals surface area contributed by atoms with Crippen molar-refractivity contribution >= 4 is 29.3 Å². The zero-order valence-corrected chi connectivity index (χ0v) is 15.8. The van der Waals surface area contributed by atoms with Crippen LogP contribution >= 0.6 is 0 Å². The molecule has 0 spiro atoms. The zero-order valence-electron chi connectivity index (χ0n) is 15.8. The van der Waals surface area contributed by atoms with Crippen LogP contribution in [0.3, 0.4) is 0 Å². The summed E-state index contributed by atoms with van der Waals surface area (Å²) in [6, 6.07) is 3.88. The third-order valence-corrected chi connectivity index (χ3v) is 4.14. The molecule has 1 aromatic rings. The lowest BCUT2D eigenvalue weighted by Crippen LogP contribution is -2.41. The van der Waals surface area contributed by atoms with E-state index in [1.54, 1.807) is 4.90 Å². The van der Waals surface area contributed by atoms with E-state index in [4.69, 9.17) is 15.6 Å². The van der Waals surface area contributed by atoms with Crippen LogP contribution in [0.2, 0.25) is 0 Å². The fraction of sp³-hybridized carbons (Fsp3) is 0.471. The Labute approximate surface area is 169 Å². The summed E-state index contributed by atoms with van der Waals surface area (Å²) in [5, 5.41) is 13.0. The monoisotopic (exact) mass is 433 g/mol. The van der Waals surface area contributed by atoms with Crippen molar-refractivity contribution in [1.82, 2.24) is 10.6 Å². The SMILES string of the molecule is NCCN(CCNC(=O)CO)c1ccc(N2CC(NC(=O)C(F)F)OC2=O)cc1F. The molecule has 0 radical (unpaired) electrons. The van der Waals surface area contributed by atoms with E-state index in [-0.39, 0.29) is 44.1 Å². The number of nitrogens with zero attached hydrogens (tertiary/aromatic N) is 2. The number of carbonyl (C=O) groups excluding carboxylic acids is 3. The Kier molecular flexibility index (Phi) is 8.24. The molecule has 1 unspecified atom stereocenters. The molecule has 1 heterocycles. The van der Waals surface area contributed by atoms with Gasteiger partial charge in [-0.15, -0.1) is 0 Å². The minimum absolute atomic E-state index is 0.108. The maximum atomic E-state index is 14.7. The minimum Gasteiger partial charge on any atom is -0.423 e. The summed E-state index contributed by atoms with van der Waals surface area (Å²) in [5.74, 6) is -2.84. The largest absolute Gasteiger partial charge is 0.423 e. The average Bonchev–Trinajstić information content (AvgIpc) is 3.07. The minimum atomic E-state index is -3.26. The quantitative estimate of drug-likeness (QED) is 0.385. The molecular formula is C17H22F3N5O5. The van der Waals surface area contributed by atoms with Gasteiger partial charge in [0.1, 0.15) is 12.4 Å². The molecule has 0 aliphatic carbocycles. The first-order chi connectivity index (χ1) is 14.3. The summed E-state index contributed by atoms with van der Waals surface area (Å²) in [6.07, 6.45) is -5.47. The summed E-state index contributed by atoms with van der Waals surface area (Å²) in [7, 11) is 0. The summed E-state index contributed by atoms with van der Waals surface area (Å²) < 4.78 is 44.2. The van der Waals surface area contributed by atoms with Gasteiger partial charge in [-0.1, -0.05) is 0 Å². The Morgan fingerprint density at radius 3 is 2.70 bits per heavy atom. The molecule has 0 saturated carbocycles. The summed E-state index contributed by atoms with van der Waals surface area (Å²) >= 11 is 0. The van der Waals surface area contributed by atoms with Gasteiger partial charge in [-0.3, -0.25) is 14.5 Å². The zero-order chi connectivity index (χ0) is 22.3. The van der Waals surface area contributed by atoms with Gasteiger partial charge in [-0.05, 0) is 18.2 Å². The number of aliphatic hydroxyl groups is 1. The van der Waals surface area contributed by atoms with Crippen molar-refractivity contribution < 1.29 is 37.4 Å². The van der Waals surface area contributed by atoms with Crippen LogP contribution in [0.1, 0.15) is 0 Å². The first-order valence-corrected chi connectivity index (χ1v) is 8.95. The Morgan fingerprint density at radius 2 is 2.10 bits per heavy atom. The lowest BCUT2D eigenvalue weighted by atomic mass is 10.2. The number of aliphatic hydroxyl groups excluding tert-OH is 1. The number of cyclic esters (lactones) is 1. The van der Waals surface area contributed by atoms with Crippen LogP contribution in [0.15, 0.2) is 18.2 Å². The molecule has 1 aliphatic rings. The van der Waals surface area contributed by atoms with Crippen molar-refractivity contribution in [2.45, 2.75) is 12.7 Å². The number of anilines is 2. The van der Waals surface area contributed by atoms with Crippen molar-refractivity contribution in [3.05, 3.63) is 24.0 Å².